The fraction of sp³-hybridized carbons (Fsp3) is 0.158. The number of pyridine rings is 1. The molecule has 2 aromatic heterocycles. The lowest BCUT2D eigenvalue weighted by atomic mass is 10.1. The molecule has 0 radical (unpaired) electrons. The normalized spacial score (nSPS) is 10.3. The van der Waals surface area contributed by atoms with Crippen LogP contribution in [0.25, 0.3) is 0 Å². The van der Waals surface area contributed by atoms with Crippen LogP contribution in [0.15, 0.2) is 61.2 Å². The Morgan fingerprint density at radius 2 is 1.64 bits per heavy atom. The third-order valence-electron chi connectivity index (χ3n) is 3.73. The van der Waals surface area contributed by atoms with Crippen molar-refractivity contribution < 1.29 is 4.79 Å². The zero-order chi connectivity index (χ0) is 17.5. The molecule has 1 aromatic carbocycles. The quantitative estimate of drug-likeness (QED) is 0.724. The van der Waals surface area contributed by atoms with Gasteiger partial charge in [-0.2, -0.15) is 0 Å². The smallest absolute Gasteiger partial charge is 0.254 e. The Bertz CT molecular complexity index is 817. The highest BCUT2D eigenvalue weighted by Crippen LogP contribution is 2.14. The Hall–Kier alpha value is -3.28. The summed E-state index contributed by atoms with van der Waals surface area (Å²) in [7, 11) is 0. The third kappa shape index (κ3) is 4.60. The molecule has 0 aliphatic rings. The molecule has 3 aromatic rings. The summed E-state index contributed by atoms with van der Waals surface area (Å²) < 4.78 is 0. The van der Waals surface area contributed by atoms with E-state index in [9.17, 15) is 4.79 Å². The fourth-order valence-corrected chi connectivity index (χ4v) is 2.25. The van der Waals surface area contributed by atoms with Crippen LogP contribution >= 0.6 is 0 Å². The summed E-state index contributed by atoms with van der Waals surface area (Å²) in [6, 6.07) is 11.8. The Balaban J connectivity index is 1.58. The zero-order valence-electron chi connectivity index (χ0n) is 13.9. The number of amides is 1. The number of rotatable bonds is 6. The second-order valence-corrected chi connectivity index (χ2v) is 5.51. The molecule has 0 unspecified atom stereocenters. The maximum absolute atomic E-state index is 12.1. The predicted molar refractivity (Wildman–Crippen MR) is 96.5 cm³/mol. The first-order chi connectivity index (χ1) is 12.2. The average molecular weight is 333 g/mol. The molecule has 0 saturated heterocycles. The van der Waals surface area contributed by atoms with E-state index in [2.05, 4.69) is 44.6 Å². The van der Waals surface area contributed by atoms with Gasteiger partial charge in [0.2, 0.25) is 5.95 Å². The minimum Gasteiger partial charge on any atom is -0.348 e. The van der Waals surface area contributed by atoms with Crippen LogP contribution in [0.1, 0.15) is 28.4 Å². The van der Waals surface area contributed by atoms with Gasteiger partial charge in [0.15, 0.2) is 0 Å². The van der Waals surface area contributed by atoms with Crippen molar-refractivity contribution in [3.8, 4) is 0 Å². The minimum absolute atomic E-state index is 0.212. The van der Waals surface area contributed by atoms with Gasteiger partial charge in [-0.3, -0.25) is 9.78 Å². The summed E-state index contributed by atoms with van der Waals surface area (Å²) in [5.74, 6) is 0.241. The number of hydrogen-bond acceptors (Lipinski definition) is 5. The summed E-state index contributed by atoms with van der Waals surface area (Å²) in [5.41, 5.74) is 3.58. The molecular weight excluding hydrogens is 314 g/mol. The van der Waals surface area contributed by atoms with E-state index in [-0.39, 0.29) is 5.91 Å². The van der Waals surface area contributed by atoms with Crippen molar-refractivity contribution in [1.29, 1.82) is 0 Å². The maximum Gasteiger partial charge on any atom is 0.254 e. The summed E-state index contributed by atoms with van der Waals surface area (Å²) in [5, 5.41) is 5.95. The van der Waals surface area contributed by atoms with Gasteiger partial charge >= 0.3 is 0 Å². The summed E-state index contributed by atoms with van der Waals surface area (Å²) in [6.07, 6.45) is 7.41. The molecule has 126 valence electrons. The van der Waals surface area contributed by atoms with Gasteiger partial charge in [0.25, 0.3) is 5.91 Å². The van der Waals surface area contributed by atoms with E-state index >= 15 is 0 Å². The van der Waals surface area contributed by atoms with Crippen LogP contribution in [0.5, 0.6) is 0 Å². The molecule has 0 aliphatic carbocycles. The summed E-state index contributed by atoms with van der Waals surface area (Å²) in [4.78, 5) is 24.5. The molecule has 0 saturated carbocycles. The molecule has 3 rings (SSSR count). The number of carbonyl (C=O) groups excluding carboxylic acids is 1. The molecular formula is C19H19N5O. The van der Waals surface area contributed by atoms with Gasteiger partial charge in [0.1, 0.15) is 0 Å². The van der Waals surface area contributed by atoms with Crippen molar-refractivity contribution in [3.05, 3.63) is 77.9 Å². The van der Waals surface area contributed by atoms with Crippen LogP contribution in [0, 0.1) is 0 Å². The molecule has 6 heteroatoms. The number of nitrogens with one attached hydrogen (secondary N) is 2. The Kier molecular flexibility index (Phi) is 5.31. The van der Waals surface area contributed by atoms with Crippen molar-refractivity contribution in [2.75, 3.05) is 5.32 Å². The van der Waals surface area contributed by atoms with Crippen molar-refractivity contribution in [3.63, 3.8) is 0 Å². The van der Waals surface area contributed by atoms with E-state index in [0.29, 0.717) is 18.1 Å². The van der Waals surface area contributed by atoms with Gasteiger partial charge < -0.3 is 10.6 Å². The molecule has 0 bridgehead atoms. The van der Waals surface area contributed by atoms with Crippen molar-refractivity contribution in [2.45, 2.75) is 19.9 Å². The lowest BCUT2D eigenvalue weighted by Crippen LogP contribution is -2.23. The number of anilines is 2. The van der Waals surface area contributed by atoms with Gasteiger partial charge in [0.05, 0.1) is 5.56 Å². The van der Waals surface area contributed by atoms with E-state index in [0.717, 1.165) is 17.7 Å². The fourth-order valence-electron chi connectivity index (χ4n) is 2.25. The van der Waals surface area contributed by atoms with Gasteiger partial charge in [-0.1, -0.05) is 19.1 Å². The summed E-state index contributed by atoms with van der Waals surface area (Å²) >= 11 is 0. The van der Waals surface area contributed by atoms with E-state index in [1.807, 2.05) is 24.3 Å². The van der Waals surface area contributed by atoms with E-state index in [4.69, 9.17) is 0 Å². The number of carbonyl (C=O) groups is 1. The van der Waals surface area contributed by atoms with Crippen LogP contribution in [0.4, 0.5) is 11.6 Å². The first-order valence-corrected chi connectivity index (χ1v) is 8.09. The topological polar surface area (TPSA) is 79.8 Å². The number of hydrogen-bond donors (Lipinski definition) is 2. The third-order valence-corrected chi connectivity index (χ3v) is 3.73. The number of aryl methyl sites for hydroxylation is 1. The lowest BCUT2D eigenvalue weighted by molar-refractivity contribution is 0.0950. The Morgan fingerprint density at radius 1 is 0.960 bits per heavy atom. The van der Waals surface area contributed by atoms with E-state index < -0.39 is 0 Å². The van der Waals surface area contributed by atoms with Gasteiger partial charge in [0, 0.05) is 37.0 Å². The van der Waals surface area contributed by atoms with Crippen molar-refractivity contribution in [2.24, 2.45) is 0 Å². The molecule has 0 aliphatic heterocycles. The second kappa shape index (κ2) is 8.01. The molecule has 0 fully saturated rings. The number of nitrogens with zero attached hydrogens (tertiary/aromatic N) is 3. The minimum atomic E-state index is -0.212. The molecule has 2 N–H and O–H groups in total. The zero-order valence-corrected chi connectivity index (χ0v) is 13.9. The van der Waals surface area contributed by atoms with Gasteiger partial charge in [-0.25, -0.2) is 9.97 Å². The maximum atomic E-state index is 12.1. The van der Waals surface area contributed by atoms with Crippen LogP contribution in [-0.2, 0) is 13.0 Å². The highest BCUT2D eigenvalue weighted by Gasteiger charge is 2.07. The monoisotopic (exact) mass is 333 g/mol. The first-order valence-electron chi connectivity index (χ1n) is 8.09. The largest absolute Gasteiger partial charge is 0.348 e. The summed E-state index contributed by atoms with van der Waals surface area (Å²) in [6.45, 7) is 2.55. The van der Waals surface area contributed by atoms with Gasteiger partial charge in [-0.15, -0.1) is 0 Å². The second-order valence-electron chi connectivity index (χ2n) is 5.51. The van der Waals surface area contributed by atoms with Crippen molar-refractivity contribution >= 4 is 17.5 Å². The molecule has 1 amide bonds. The predicted octanol–water partition coefficient (Wildman–Crippen LogP) is 3.11. The average Bonchev–Trinajstić information content (AvgIpc) is 2.68. The van der Waals surface area contributed by atoms with Crippen LogP contribution < -0.4 is 10.6 Å². The molecule has 6 nitrogen and oxygen atoms in total. The molecule has 2 heterocycles. The van der Waals surface area contributed by atoms with Gasteiger partial charge in [-0.05, 0) is 41.8 Å². The SMILES string of the molecule is CCc1ccc(Nc2ncc(C(=O)NCc3ccncc3)cn2)cc1. The Morgan fingerprint density at radius 3 is 2.28 bits per heavy atom. The molecule has 0 spiro atoms. The highest BCUT2D eigenvalue weighted by atomic mass is 16.1. The van der Waals surface area contributed by atoms with E-state index in [1.54, 1.807) is 12.4 Å². The van der Waals surface area contributed by atoms with Crippen LogP contribution in [0.2, 0.25) is 0 Å². The standard InChI is InChI=1S/C19H19N5O/c1-2-14-3-5-17(6-4-14)24-19-22-12-16(13-23-19)18(25)21-11-15-7-9-20-10-8-15/h3-10,12-13H,2,11H2,1H3,(H,21,25)(H,22,23,24). The van der Waals surface area contributed by atoms with Crippen LogP contribution in [-0.4, -0.2) is 20.9 Å². The van der Waals surface area contributed by atoms with Crippen LogP contribution in [0.3, 0.4) is 0 Å². The first kappa shape index (κ1) is 16.6. The number of benzene rings is 1. The van der Waals surface area contributed by atoms with Crippen molar-refractivity contribution in [1.82, 2.24) is 20.3 Å². The van der Waals surface area contributed by atoms with E-state index in [1.165, 1.54) is 18.0 Å². The lowest BCUT2D eigenvalue weighted by Gasteiger charge is -2.07. The Labute approximate surface area is 146 Å². The molecule has 25 heavy (non-hydrogen) atoms. The molecule has 0 atom stereocenters. The number of aromatic nitrogens is 3. The highest BCUT2D eigenvalue weighted by molar-refractivity contribution is 5.93.